The summed E-state index contributed by atoms with van der Waals surface area (Å²) in [7, 11) is 0. The van der Waals surface area contributed by atoms with Crippen molar-refractivity contribution in [2.75, 3.05) is 19.8 Å². The molecule has 1 aromatic rings. The fourth-order valence-corrected chi connectivity index (χ4v) is 4.29. The summed E-state index contributed by atoms with van der Waals surface area (Å²) in [5.41, 5.74) is 0.0497. The van der Waals surface area contributed by atoms with Crippen LogP contribution in [0.4, 0.5) is 0 Å². The van der Waals surface area contributed by atoms with Crippen LogP contribution in [0.2, 0.25) is 0 Å². The summed E-state index contributed by atoms with van der Waals surface area (Å²) < 4.78 is 25.9. The number of hydrogen-bond donors (Lipinski definition) is 0. The Kier molecular flexibility index (Phi) is 12.9. The number of unbranched alkanes of at least 4 members (excludes halogenated alkanes) is 5. The highest BCUT2D eigenvalue weighted by Crippen LogP contribution is 2.43. The number of benzene rings is 1. The molecule has 31 heavy (non-hydrogen) atoms. The van der Waals surface area contributed by atoms with Crippen LogP contribution in [-0.2, 0) is 25.4 Å². The van der Waals surface area contributed by atoms with Gasteiger partial charge in [0.2, 0.25) is 0 Å². The highest BCUT2D eigenvalue weighted by Gasteiger charge is 2.57. The summed E-state index contributed by atoms with van der Waals surface area (Å²) >= 11 is 0. The second-order valence-corrected chi connectivity index (χ2v) is 9.24. The van der Waals surface area contributed by atoms with E-state index in [0.29, 0.717) is 26.2 Å². The van der Waals surface area contributed by atoms with E-state index < -0.39 is 11.6 Å². The molecule has 1 unspecified atom stereocenters. The van der Waals surface area contributed by atoms with Gasteiger partial charge in [-0.05, 0) is 53.5 Å². The second kappa shape index (κ2) is 14.3. The molecule has 0 saturated carbocycles. The average Bonchev–Trinajstić information content (AvgIpc) is 2.70. The quantitative estimate of drug-likeness (QED) is 0.190. The molecule has 0 aromatic heterocycles. The van der Waals surface area contributed by atoms with E-state index in [9.17, 15) is 0 Å². The van der Waals surface area contributed by atoms with Gasteiger partial charge < -0.3 is 18.9 Å². The largest absolute Gasteiger partial charge is 0.361 e. The Morgan fingerprint density at radius 2 is 1.19 bits per heavy atom. The molecule has 0 amide bonds. The third-order valence-corrected chi connectivity index (χ3v) is 5.33. The van der Waals surface area contributed by atoms with Crippen molar-refractivity contribution in [2.45, 2.75) is 117 Å². The van der Waals surface area contributed by atoms with Gasteiger partial charge in [-0.15, -0.1) is 0 Å². The van der Waals surface area contributed by atoms with Crippen molar-refractivity contribution < 1.29 is 18.9 Å². The van der Waals surface area contributed by atoms with Crippen LogP contribution < -0.4 is 0 Å². The lowest BCUT2D eigenvalue weighted by Crippen LogP contribution is -2.64. The van der Waals surface area contributed by atoms with Gasteiger partial charge in [-0.25, -0.2) is 0 Å². The Labute approximate surface area is 192 Å². The monoisotopic (exact) mass is 436 g/mol. The first kappa shape index (κ1) is 28.1. The summed E-state index contributed by atoms with van der Waals surface area (Å²) in [6, 6.07) is 10.5. The smallest absolute Gasteiger partial charge is 0.314 e. The van der Waals surface area contributed by atoms with Crippen molar-refractivity contribution in [3.05, 3.63) is 35.9 Å². The molecule has 0 spiro atoms. The molecule has 4 nitrogen and oxygen atoms in total. The molecule has 0 N–H and O–H groups in total. The van der Waals surface area contributed by atoms with Crippen molar-refractivity contribution in [1.29, 1.82) is 0 Å². The Bertz CT molecular complexity index is 549. The zero-order valence-corrected chi connectivity index (χ0v) is 21.3. The predicted octanol–water partition coefficient (Wildman–Crippen LogP) is 7.30. The summed E-state index contributed by atoms with van der Waals surface area (Å²) in [6.45, 7) is 16.0. The lowest BCUT2D eigenvalue weighted by atomic mass is 9.84. The minimum absolute atomic E-state index is 0.381. The molecule has 0 saturated heterocycles. The Morgan fingerprint density at radius 3 is 1.68 bits per heavy atom. The van der Waals surface area contributed by atoms with Crippen molar-refractivity contribution in [2.24, 2.45) is 0 Å². The molecule has 1 atom stereocenters. The average molecular weight is 437 g/mol. The summed E-state index contributed by atoms with van der Waals surface area (Å²) in [5, 5.41) is 0. The normalized spacial score (nSPS) is 14.5. The molecule has 0 aliphatic heterocycles. The maximum Gasteiger partial charge on any atom is 0.314 e. The van der Waals surface area contributed by atoms with Gasteiger partial charge in [0, 0.05) is 26.2 Å². The Morgan fingerprint density at radius 1 is 0.677 bits per heavy atom. The summed E-state index contributed by atoms with van der Waals surface area (Å²) in [4.78, 5) is 0. The fraction of sp³-hybridized carbons (Fsp3) is 0.778. The number of hydrogen-bond acceptors (Lipinski definition) is 4. The molecule has 180 valence electrons. The van der Waals surface area contributed by atoms with E-state index in [4.69, 9.17) is 18.9 Å². The molecule has 4 heteroatoms. The van der Waals surface area contributed by atoms with Gasteiger partial charge in [0.25, 0.3) is 0 Å². The molecule has 0 bridgehead atoms. The van der Waals surface area contributed by atoms with Crippen LogP contribution in [0, 0.1) is 0 Å². The first-order valence-electron chi connectivity index (χ1n) is 12.4. The first-order valence-corrected chi connectivity index (χ1v) is 12.4. The zero-order valence-electron chi connectivity index (χ0n) is 21.3. The van der Waals surface area contributed by atoms with Crippen LogP contribution in [0.25, 0.3) is 0 Å². The lowest BCUT2D eigenvalue weighted by molar-refractivity contribution is -0.454. The van der Waals surface area contributed by atoms with Crippen molar-refractivity contribution in [3.63, 3.8) is 0 Å². The highest BCUT2D eigenvalue weighted by atomic mass is 16.9. The minimum atomic E-state index is -1.25. The van der Waals surface area contributed by atoms with E-state index in [2.05, 4.69) is 52.0 Å². The van der Waals surface area contributed by atoms with Crippen molar-refractivity contribution >= 4 is 0 Å². The van der Waals surface area contributed by atoms with Crippen LogP contribution in [0.3, 0.4) is 0 Å². The van der Waals surface area contributed by atoms with Crippen LogP contribution >= 0.6 is 0 Å². The van der Waals surface area contributed by atoms with Crippen LogP contribution in [-0.4, -0.2) is 37.0 Å². The predicted molar refractivity (Wildman–Crippen MR) is 129 cm³/mol. The van der Waals surface area contributed by atoms with Gasteiger partial charge >= 0.3 is 5.97 Å². The molecule has 0 aliphatic carbocycles. The van der Waals surface area contributed by atoms with Crippen LogP contribution in [0.5, 0.6) is 0 Å². The Balaban J connectivity index is 3.38. The molecular weight excluding hydrogens is 388 g/mol. The lowest BCUT2D eigenvalue weighted by Gasteiger charge is -2.50. The van der Waals surface area contributed by atoms with Gasteiger partial charge in [0.15, 0.2) is 5.60 Å². The van der Waals surface area contributed by atoms with Crippen LogP contribution in [0.1, 0.15) is 99.0 Å². The molecule has 0 fully saturated rings. The zero-order chi connectivity index (χ0) is 23.2. The van der Waals surface area contributed by atoms with Crippen molar-refractivity contribution in [1.82, 2.24) is 0 Å². The minimum Gasteiger partial charge on any atom is -0.361 e. The summed E-state index contributed by atoms with van der Waals surface area (Å²) in [6.07, 6.45) is 8.78. The van der Waals surface area contributed by atoms with E-state index in [1.807, 2.05) is 26.8 Å². The second-order valence-electron chi connectivity index (χ2n) is 9.24. The molecular formula is C27H48O4. The van der Waals surface area contributed by atoms with Gasteiger partial charge in [-0.3, -0.25) is 0 Å². The van der Waals surface area contributed by atoms with Gasteiger partial charge in [0.1, 0.15) is 0 Å². The molecule has 0 radical (unpaired) electrons. The Hall–Kier alpha value is -0.940. The number of ether oxygens (including phenoxy) is 4. The topological polar surface area (TPSA) is 36.9 Å². The standard InChI is InChI=1S/C27H48O4/c1-8-12-13-14-15-19-22-26(31-25(5,6)7,23-24-20-17-16-18-21-24)27(28-9-2,29-10-3)30-11-4/h16-18,20-21H,8-15,19,22-23H2,1-7H3. The molecule has 0 aliphatic rings. The SMILES string of the molecule is CCCCCCCCC(Cc1ccccc1)(OC(C)(C)C)C(OCC)(OCC)OCC. The molecule has 0 heterocycles. The van der Waals surface area contributed by atoms with Crippen molar-refractivity contribution in [3.8, 4) is 0 Å². The molecule has 1 rings (SSSR count). The van der Waals surface area contributed by atoms with E-state index >= 15 is 0 Å². The van der Waals surface area contributed by atoms with Gasteiger partial charge in [0.05, 0.1) is 5.60 Å². The van der Waals surface area contributed by atoms with E-state index in [1.54, 1.807) is 0 Å². The maximum absolute atomic E-state index is 6.91. The maximum atomic E-state index is 6.91. The molecule has 1 aromatic carbocycles. The van der Waals surface area contributed by atoms with Gasteiger partial charge in [-0.1, -0.05) is 75.8 Å². The van der Waals surface area contributed by atoms with E-state index in [-0.39, 0.29) is 5.60 Å². The summed E-state index contributed by atoms with van der Waals surface area (Å²) in [5.74, 6) is -1.25. The first-order chi connectivity index (χ1) is 14.8. The van der Waals surface area contributed by atoms with E-state index in [0.717, 1.165) is 12.8 Å². The van der Waals surface area contributed by atoms with Crippen LogP contribution in [0.15, 0.2) is 30.3 Å². The third-order valence-electron chi connectivity index (χ3n) is 5.33. The third kappa shape index (κ3) is 9.21. The highest BCUT2D eigenvalue weighted by molar-refractivity contribution is 5.18. The number of rotatable bonds is 17. The van der Waals surface area contributed by atoms with E-state index in [1.165, 1.54) is 37.7 Å². The van der Waals surface area contributed by atoms with Gasteiger partial charge in [-0.2, -0.15) is 0 Å². The fourth-order valence-electron chi connectivity index (χ4n) is 4.29.